The molecule has 0 aromatic carbocycles. The van der Waals surface area contributed by atoms with E-state index in [1.807, 2.05) is 0 Å². The molecule has 0 aromatic heterocycles. The average molecular weight is 127 g/mol. The van der Waals surface area contributed by atoms with Crippen LogP contribution in [-0.4, -0.2) is 5.11 Å². The van der Waals surface area contributed by atoms with Crippen molar-refractivity contribution in [2.45, 2.75) is 6.92 Å². The molecule has 6 heavy (non-hydrogen) atoms. The van der Waals surface area contributed by atoms with Crippen molar-refractivity contribution in [2.24, 2.45) is 0 Å². The fraction of sp³-hybridized carbons (Fsp3) is 0.333. The number of hydrogen-bond acceptors (Lipinski definition) is 1. The molecule has 0 spiro atoms. The van der Waals surface area contributed by atoms with Crippen molar-refractivity contribution in [1.82, 2.24) is 0 Å². The Morgan fingerprint density at radius 2 is 2.00 bits per heavy atom. The van der Waals surface area contributed by atoms with Crippen molar-refractivity contribution in [3.8, 4) is 0 Å². The fourth-order valence-electron chi connectivity index (χ4n) is 0. The van der Waals surface area contributed by atoms with Crippen LogP contribution in [0.2, 0.25) is 0 Å². The first-order chi connectivity index (χ1) is 2.27. The van der Waals surface area contributed by atoms with Crippen LogP contribution in [0.15, 0.2) is 12.0 Å². The van der Waals surface area contributed by atoms with E-state index < -0.39 is 0 Å². The summed E-state index contributed by atoms with van der Waals surface area (Å²) in [6.07, 6.45) is 0.750. The van der Waals surface area contributed by atoms with E-state index in [4.69, 9.17) is 10.8 Å². The van der Waals surface area contributed by atoms with Gasteiger partial charge in [-0.2, -0.15) is 0 Å². The molecule has 0 bridgehead atoms. The van der Waals surface area contributed by atoms with Crippen molar-refractivity contribution in [3.63, 3.8) is 0 Å². The van der Waals surface area contributed by atoms with Crippen LogP contribution in [0.5, 0.6) is 0 Å². The molecule has 0 amide bonds. The maximum absolute atomic E-state index is 7.79. The van der Waals surface area contributed by atoms with Crippen LogP contribution in [0.4, 0.5) is 0 Å². The Balaban J connectivity index is 0. The van der Waals surface area contributed by atoms with E-state index in [-0.39, 0.29) is 22.8 Å². The van der Waals surface area contributed by atoms with E-state index in [0.29, 0.717) is 0 Å². The summed E-state index contributed by atoms with van der Waals surface area (Å²) in [6.45, 7) is 1.50. The first-order valence-electron chi connectivity index (χ1n) is 1.30. The minimum atomic E-state index is 0. The maximum atomic E-state index is 7.79. The van der Waals surface area contributed by atoms with Crippen LogP contribution in [0.25, 0.3) is 5.73 Å². The normalized spacial score (nSPS) is 9.83. The number of aliphatic hydroxyl groups is 1. The summed E-state index contributed by atoms with van der Waals surface area (Å²) in [5.41, 5.74) is 6.62. The molecule has 0 aliphatic carbocycles. The molecule has 1 radical (unpaired) electrons. The molecule has 0 saturated heterocycles. The van der Waals surface area contributed by atoms with E-state index in [9.17, 15) is 0 Å². The van der Waals surface area contributed by atoms with E-state index in [1.54, 1.807) is 0 Å². The van der Waals surface area contributed by atoms with E-state index in [1.165, 1.54) is 6.92 Å². The van der Waals surface area contributed by atoms with Crippen LogP contribution in [0, 0.1) is 0 Å². The van der Waals surface area contributed by atoms with Crippen LogP contribution < -0.4 is 0 Å². The Kier molecular flexibility index (Phi) is 7.52. The quantitative estimate of drug-likeness (QED) is 0.388. The van der Waals surface area contributed by atoms with E-state index in [2.05, 4.69) is 0 Å². The van der Waals surface area contributed by atoms with E-state index in [0.717, 1.165) is 6.26 Å². The topological polar surface area (TPSA) is 44.0 Å². The second-order valence-corrected chi connectivity index (χ2v) is 0.812. The Hall–Kier alpha value is -0.141. The minimum Gasteiger partial charge on any atom is -0.700 e. The molecule has 0 aliphatic rings. The molecular formula is C3H6MnNO-. The van der Waals surface area contributed by atoms with Crippen molar-refractivity contribution in [1.29, 1.82) is 0 Å². The molecule has 0 aromatic rings. The second kappa shape index (κ2) is 4.86. The largest absolute Gasteiger partial charge is 0.700 e. The standard InChI is InChI=1S/C3H6NO.Mn/c1-3(4)2-5;/h2,4-5H,1H3;/q-1;/b3-2-;. The Labute approximate surface area is 47.5 Å². The molecule has 37 valence electrons. The van der Waals surface area contributed by atoms with Crippen LogP contribution in [-0.2, 0) is 17.1 Å². The van der Waals surface area contributed by atoms with Gasteiger partial charge >= 0.3 is 0 Å². The van der Waals surface area contributed by atoms with Crippen LogP contribution >= 0.6 is 0 Å². The molecule has 2 N–H and O–H groups in total. The Morgan fingerprint density at radius 3 is 2.00 bits per heavy atom. The van der Waals surface area contributed by atoms with Crippen molar-refractivity contribution >= 4 is 0 Å². The van der Waals surface area contributed by atoms with Crippen molar-refractivity contribution in [3.05, 3.63) is 17.7 Å². The van der Waals surface area contributed by atoms with Gasteiger partial charge in [0.2, 0.25) is 0 Å². The number of nitrogens with one attached hydrogen (secondary N) is 1. The van der Waals surface area contributed by atoms with Crippen LogP contribution in [0.3, 0.4) is 0 Å². The summed E-state index contributed by atoms with van der Waals surface area (Å²) in [7, 11) is 0. The third kappa shape index (κ3) is 9.13. The zero-order valence-electron chi connectivity index (χ0n) is 3.40. The molecule has 3 heteroatoms. The minimum absolute atomic E-state index is 0. The first-order valence-corrected chi connectivity index (χ1v) is 1.30. The molecule has 0 unspecified atom stereocenters. The monoisotopic (exact) mass is 127 g/mol. The summed E-state index contributed by atoms with van der Waals surface area (Å²) in [6, 6.07) is 0. The van der Waals surface area contributed by atoms with E-state index >= 15 is 0 Å². The molecule has 2 nitrogen and oxygen atoms in total. The molecule has 0 atom stereocenters. The summed E-state index contributed by atoms with van der Waals surface area (Å²) < 4.78 is 0. The van der Waals surface area contributed by atoms with Gasteiger partial charge in [0.05, 0.1) is 6.26 Å². The zero-order valence-corrected chi connectivity index (χ0v) is 4.58. The second-order valence-electron chi connectivity index (χ2n) is 0.812. The summed E-state index contributed by atoms with van der Waals surface area (Å²) in [5, 5.41) is 7.79. The van der Waals surface area contributed by atoms with Crippen LogP contribution in [0.1, 0.15) is 6.92 Å². The van der Waals surface area contributed by atoms with Gasteiger partial charge in [0.15, 0.2) is 0 Å². The van der Waals surface area contributed by atoms with Gasteiger partial charge in [-0.3, -0.25) is 0 Å². The predicted octanol–water partition coefficient (Wildman–Crippen LogP) is 1.46. The third-order valence-corrected chi connectivity index (χ3v) is 0.194. The summed E-state index contributed by atoms with van der Waals surface area (Å²) in [4.78, 5) is 0. The van der Waals surface area contributed by atoms with Gasteiger partial charge in [-0.15, -0.1) is 5.70 Å². The molecule has 0 fully saturated rings. The van der Waals surface area contributed by atoms with Gasteiger partial charge in [0.25, 0.3) is 0 Å². The third-order valence-electron chi connectivity index (χ3n) is 0.194. The SMILES string of the molecule is C/C([NH-])=C/O.[Mn]. The summed E-state index contributed by atoms with van der Waals surface area (Å²) in [5.74, 6) is 0. The van der Waals surface area contributed by atoms with Gasteiger partial charge < -0.3 is 10.8 Å². The van der Waals surface area contributed by atoms with Gasteiger partial charge in [0, 0.05) is 17.1 Å². The number of hydrogen-bond donors (Lipinski definition) is 1. The smallest absolute Gasteiger partial charge is 0.0598 e. The Morgan fingerprint density at radius 1 is 1.83 bits per heavy atom. The molecule has 0 saturated carbocycles. The number of rotatable bonds is 0. The first kappa shape index (κ1) is 9.29. The average Bonchev–Trinajstić information content (AvgIpc) is 1.38. The fourth-order valence-corrected chi connectivity index (χ4v) is 0. The predicted molar refractivity (Wildman–Crippen MR) is 20.7 cm³/mol. The molecular weight excluding hydrogens is 121 g/mol. The maximum Gasteiger partial charge on any atom is 0.0598 e. The van der Waals surface area contributed by atoms with Gasteiger partial charge in [-0.25, -0.2) is 0 Å². The van der Waals surface area contributed by atoms with Crippen molar-refractivity contribution in [2.75, 3.05) is 0 Å². The number of allylic oxidation sites excluding steroid dienone is 1. The molecule has 0 rings (SSSR count). The number of aliphatic hydroxyl groups excluding tert-OH is 1. The molecule has 0 aliphatic heterocycles. The van der Waals surface area contributed by atoms with Gasteiger partial charge in [0.1, 0.15) is 0 Å². The molecule has 0 heterocycles. The summed E-state index contributed by atoms with van der Waals surface area (Å²) >= 11 is 0. The van der Waals surface area contributed by atoms with Gasteiger partial charge in [-0.05, 0) is 0 Å². The Bertz CT molecular complexity index is 48.8. The zero-order chi connectivity index (χ0) is 4.28. The van der Waals surface area contributed by atoms with Crippen molar-refractivity contribution < 1.29 is 22.2 Å². The van der Waals surface area contributed by atoms with Gasteiger partial charge in [-0.1, -0.05) is 6.92 Å².